The summed E-state index contributed by atoms with van der Waals surface area (Å²) < 4.78 is 1.67. The molecule has 0 aromatic carbocycles. The summed E-state index contributed by atoms with van der Waals surface area (Å²) >= 11 is 0. The molecule has 1 atom stereocenters. The van der Waals surface area contributed by atoms with Crippen molar-refractivity contribution < 1.29 is 9.90 Å². The van der Waals surface area contributed by atoms with Gasteiger partial charge in [-0.25, -0.2) is 9.79 Å². The van der Waals surface area contributed by atoms with E-state index in [1.807, 2.05) is 6.20 Å². The number of nitrogens with one attached hydrogen (secondary N) is 1. The lowest BCUT2D eigenvalue weighted by molar-refractivity contribution is 0.0696. The van der Waals surface area contributed by atoms with E-state index in [2.05, 4.69) is 27.2 Å². The van der Waals surface area contributed by atoms with Crippen LogP contribution in [0.5, 0.6) is 0 Å². The lowest BCUT2D eigenvalue weighted by atomic mass is 9.97. The summed E-state index contributed by atoms with van der Waals surface area (Å²) in [6, 6.07) is 0.163. The zero-order valence-electron chi connectivity index (χ0n) is 13.4. The minimum absolute atomic E-state index is 0.163. The first-order valence-electron chi connectivity index (χ1n) is 8.01. The highest BCUT2D eigenvalue weighted by Crippen LogP contribution is 2.52. The molecule has 3 heterocycles. The third-order valence-corrected chi connectivity index (χ3v) is 5.08. The Morgan fingerprint density at radius 2 is 2.22 bits per heavy atom. The Bertz CT molecular complexity index is 721. The van der Waals surface area contributed by atoms with Gasteiger partial charge in [0.25, 0.3) is 0 Å². The largest absolute Gasteiger partial charge is 0.478 e. The van der Waals surface area contributed by atoms with Gasteiger partial charge in [-0.3, -0.25) is 4.68 Å². The molecule has 1 aromatic rings. The summed E-state index contributed by atoms with van der Waals surface area (Å²) in [5.41, 5.74) is 2.49. The maximum absolute atomic E-state index is 11.1. The van der Waals surface area contributed by atoms with Crippen LogP contribution in [0.25, 0.3) is 0 Å². The van der Waals surface area contributed by atoms with Gasteiger partial charge in [0, 0.05) is 30.9 Å². The number of carbonyl (C=O) groups is 1. The summed E-state index contributed by atoms with van der Waals surface area (Å²) in [5, 5.41) is 16.8. The number of guanidine groups is 1. The van der Waals surface area contributed by atoms with Crippen LogP contribution in [0.2, 0.25) is 0 Å². The van der Waals surface area contributed by atoms with Gasteiger partial charge in [-0.05, 0) is 32.3 Å². The average Bonchev–Trinajstić information content (AvgIpc) is 3.17. The number of aryl methyl sites for hydroxylation is 1. The molecule has 1 aliphatic carbocycles. The molecule has 0 radical (unpaired) electrons. The van der Waals surface area contributed by atoms with Crippen molar-refractivity contribution >= 4 is 11.9 Å². The van der Waals surface area contributed by atoms with Gasteiger partial charge < -0.3 is 15.3 Å². The molecule has 122 valence electrons. The van der Waals surface area contributed by atoms with Crippen LogP contribution >= 0.6 is 0 Å². The molecule has 0 bridgehead atoms. The zero-order valence-corrected chi connectivity index (χ0v) is 13.4. The lowest BCUT2D eigenvalue weighted by Gasteiger charge is -2.43. The van der Waals surface area contributed by atoms with Gasteiger partial charge in [-0.2, -0.15) is 5.10 Å². The summed E-state index contributed by atoms with van der Waals surface area (Å²) in [4.78, 5) is 18.0. The van der Waals surface area contributed by atoms with Crippen molar-refractivity contribution in [2.75, 3.05) is 13.1 Å². The number of likely N-dealkylation sites (tertiary alicyclic amines) is 1. The van der Waals surface area contributed by atoms with Crippen molar-refractivity contribution in [3.8, 4) is 0 Å². The van der Waals surface area contributed by atoms with Crippen molar-refractivity contribution in [2.45, 2.75) is 39.3 Å². The predicted molar refractivity (Wildman–Crippen MR) is 85.3 cm³/mol. The van der Waals surface area contributed by atoms with Crippen LogP contribution in [0, 0.1) is 12.3 Å². The highest BCUT2D eigenvalue weighted by molar-refractivity contribution is 5.88. The predicted octanol–water partition coefficient (Wildman–Crippen LogP) is 1.22. The fourth-order valence-corrected chi connectivity index (χ4v) is 3.33. The second-order valence-electron chi connectivity index (χ2n) is 7.01. The topological polar surface area (TPSA) is 82.8 Å². The fraction of sp³-hybridized carbons (Fsp3) is 0.562. The Hall–Kier alpha value is -2.31. The number of aromatic nitrogens is 2. The summed E-state index contributed by atoms with van der Waals surface area (Å²) in [5.74, 6) is 0.0197. The van der Waals surface area contributed by atoms with E-state index in [-0.39, 0.29) is 11.6 Å². The van der Waals surface area contributed by atoms with Crippen LogP contribution in [0.3, 0.4) is 0 Å². The maximum Gasteiger partial charge on any atom is 0.339 e. The standard InChI is InChI=1S/C16H21N5O2/c1-10-12(6-21-7-13(14(22)23)11(2)19-21)5-17-15(18-10)20-8-16(9-20)3-4-16/h5,7,10H,3-4,6,8-9H2,1-2H3,(H,17,18)(H,22,23). The Balaban J connectivity index is 1.46. The molecule has 1 aromatic heterocycles. The van der Waals surface area contributed by atoms with E-state index in [1.54, 1.807) is 17.8 Å². The van der Waals surface area contributed by atoms with Crippen molar-refractivity contribution in [3.63, 3.8) is 0 Å². The molecule has 2 aliphatic heterocycles. The molecule has 1 saturated heterocycles. The molecule has 2 N–H and O–H groups in total. The van der Waals surface area contributed by atoms with Gasteiger partial charge in [0.15, 0.2) is 5.96 Å². The second kappa shape index (κ2) is 4.84. The number of hydrogen-bond acceptors (Lipinski definition) is 5. The van der Waals surface area contributed by atoms with Crippen molar-refractivity contribution in [1.82, 2.24) is 20.0 Å². The monoisotopic (exact) mass is 315 g/mol. The van der Waals surface area contributed by atoms with Crippen molar-refractivity contribution in [1.29, 1.82) is 0 Å². The third-order valence-electron chi connectivity index (χ3n) is 5.08. The first-order chi connectivity index (χ1) is 11.0. The Morgan fingerprint density at radius 1 is 1.48 bits per heavy atom. The van der Waals surface area contributed by atoms with Gasteiger partial charge in [-0.1, -0.05) is 0 Å². The molecule has 2 fully saturated rings. The molecular weight excluding hydrogens is 294 g/mol. The zero-order chi connectivity index (χ0) is 16.2. The number of aliphatic imine (C=N–C) groups is 1. The Kier molecular flexibility index (Phi) is 3.01. The SMILES string of the molecule is Cc1nn(CC2=CN=C(N3CC4(CC4)C3)NC2C)cc1C(=O)O. The van der Waals surface area contributed by atoms with Gasteiger partial charge in [0.05, 0.1) is 18.3 Å². The number of aromatic carboxylic acids is 1. The molecule has 3 aliphatic rings. The van der Waals surface area contributed by atoms with Crippen LogP contribution in [0.1, 0.15) is 35.8 Å². The normalized spacial score (nSPS) is 24.6. The fourth-order valence-electron chi connectivity index (χ4n) is 3.33. The molecule has 23 heavy (non-hydrogen) atoms. The van der Waals surface area contributed by atoms with Gasteiger partial charge in [0.1, 0.15) is 5.56 Å². The Labute approximate surface area is 134 Å². The minimum Gasteiger partial charge on any atom is -0.478 e. The molecule has 1 saturated carbocycles. The molecule has 7 nitrogen and oxygen atoms in total. The first kappa shape index (κ1) is 14.3. The van der Waals surface area contributed by atoms with Crippen LogP contribution in [-0.2, 0) is 6.54 Å². The molecule has 1 spiro atoms. The lowest BCUT2D eigenvalue weighted by Crippen LogP contribution is -2.58. The third kappa shape index (κ3) is 2.50. The second-order valence-corrected chi connectivity index (χ2v) is 7.01. The summed E-state index contributed by atoms with van der Waals surface area (Å²) in [6.45, 7) is 6.60. The quantitative estimate of drug-likeness (QED) is 0.876. The summed E-state index contributed by atoms with van der Waals surface area (Å²) in [6.07, 6.45) is 6.19. The van der Waals surface area contributed by atoms with Crippen molar-refractivity contribution in [3.05, 3.63) is 29.2 Å². The highest BCUT2D eigenvalue weighted by atomic mass is 16.4. The average molecular weight is 315 g/mol. The number of rotatable bonds is 3. The maximum atomic E-state index is 11.1. The van der Waals surface area contributed by atoms with E-state index in [4.69, 9.17) is 5.11 Å². The summed E-state index contributed by atoms with van der Waals surface area (Å²) in [7, 11) is 0. The number of nitrogens with zero attached hydrogens (tertiary/aromatic N) is 4. The van der Waals surface area contributed by atoms with E-state index in [0.29, 0.717) is 17.7 Å². The number of carboxylic acids is 1. The Morgan fingerprint density at radius 3 is 2.78 bits per heavy atom. The highest BCUT2D eigenvalue weighted by Gasteiger charge is 2.53. The molecule has 1 unspecified atom stereocenters. The van der Waals surface area contributed by atoms with E-state index in [1.165, 1.54) is 12.8 Å². The van der Waals surface area contributed by atoms with Gasteiger partial charge >= 0.3 is 5.97 Å². The van der Waals surface area contributed by atoms with E-state index >= 15 is 0 Å². The minimum atomic E-state index is -0.940. The number of hydrogen-bond donors (Lipinski definition) is 2. The van der Waals surface area contributed by atoms with E-state index in [0.717, 1.165) is 24.6 Å². The molecule has 0 amide bonds. The van der Waals surface area contributed by atoms with E-state index < -0.39 is 5.97 Å². The first-order valence-corrected chi connectivity index (χ1v) is 8.01. The molecule has 4 rings (SSSR count). The smallest absolute Gasteiger partial charge is 0.339 e. The van der Waals surface area contributed by atoms with E-state index in [9.17, 15) is 4.79 Å². The number of carboxylic acid groups (broad SMARTS) is 1. The van der Waals surface area contributed by atoms with Crippen LogP contribution in [0.15, 0.2) is 23.0 Å². The molecular formula is C16H21N5O2. The van der Waals surface area contributed by atoms with Crippen LogP contribution in [-0.4, -0.2) is 50.8 Å². The van der Waals surface area contributed by atoms with Gasteiger partial charge in [-0.15, -0.1) is 0 Å². The van der Waals surface area contributed by atoms with Gasteiger partial charge in [0.2, 0.25) is 0 Å². The molecule has 7 heteroatoms. The van der Waals surface area contributed by atoms with Crippen LogP contribution in [0.4, 0.5) is 0 Å². The van der Waals surface area contributed by atoms with Crippen molar-refractivity contribution in [2.24, 2.45) is 10.4 Å². The van der Waals surface area contributed by atoms with Crippen LogP contribution < -0.4 is 5.32 Å².